The summed E-state index contributed by atoms with van der Waals surface area (Å²) in [6.07, 6.45) is 5.76. The van der Waals surface area contributed by atoms with Crippen molar-refractivity contribution in [2.24, 2.45) is 5.73 Å². The molecule has 0 saturated carbocycles. The highest BCUT2D eigenvalue weighted by Gasteiger charge is 2.12. The first kappa shape index (κ1) is 8.75. The van der Waals surface area contributed by atoms with Gasteiger partial charge in [-0.15, -0.1) is 0 Å². The molecule has 0 amide bonds. The van der Waals surface area contributed by atoms with E-state index < -0.39 is 0 Å². The highest BCUT2D eigenvalue weighted by atomic mass is 16.5. The number of hydrogen-bond acceptors (Lipinski definition) is 2. The normalized spacial score (nSPS) is 24.9. The first-order valence-corrected chi connectivity index (χ1v) is 4.37. The van der Waals surface area contributed by atoms with E-state index in [-0.39, 0.29) is 6.04 Å². The summed E-state index contributed by atoms with van der Waals surface area (Å²) in [4.78, 5) is 0. The molecule has 2 nitrogen and oxygen atoms in total. The minimum atomic E-state index is 0.260. The van der Waals surface area contributed by atoms with Crippen molar-refractivity contribution < 1.29 is 4.74 Å². The molecule has 0 aromatic heterocycles. The molecule has 0 aromatic rings. The highest BCUT2D eigenvalue weighted by molar-refractivity contribution is 5.13. The van der Waals surface area contributed by atoms with Crippen molar-refractivity contribution in [3.8, 4) is 0 Å². The van der Waals surface area contributed by atoms with Gasteiger partial charge in [0.2, 0.25) is 0 Å². The van der Waals surface area contributed by atoms with Gasteiger partial charge in [0.1, 0.15) is 0 Å². The summed E-state index contributed by atoms with van der Waals surface area (Å²) in [6.45, 7) is 3.52. The lowest BCUT2D eigenvalue weighted by molar-refractivity contribution is 0.165. The molecule has 1 aliphatic carbocycles. The van der Waals surface area contributed by atoms with Crippen LogP contribution in [0.4, 0.5) is 0 Å². The zero-order chi connectivity index (χ0) is 8.10. The Morgan fingerprint density at radius 1 is 1.73 bits per heavy atom. The highest BCUT2D eigenvalue weighted by Crippen LogP contribution is 2.16. The lowest BCUT2D eigenvalue weighted by atomic mass is 9.95. The summed E-state index contributed by atoms with van der Waals surface area (Å²) in [5.41, 5.74) is 7.16. The van der Waals surface area contributed by atoms with Gasteiger partial charge < -0.3 is 10.5 Å². The van der Waals surface area contributed by atoms with E-state index in [4.69, 9.17) is 10.5 Å². The van der Waals surface area contributed by atoms with E-state index in [1.165, 1.54) is 18.4 Å². The molecular formula is C9H17NO. The number of allylic oxidation sites excluding steroid dienone is 1. The van der Waals surface area contributed by atoms with Gasteiger partial charge in [0, 0.05) is 12.6 Å². The fraction of sp³-hybridized carbons (Fsp3) is 0.778. The van der Waals surface area contributed by atoms with Crippen LogP contribution in [0.15, 0.2) is 11.6 Å². The topological polar surface area (TPSA) is 35.2 Å². The van der Waals surface area contributed by atoms with E-state index in [1.807, 2.05) is 6.92 Å². The van der Waals surface area contributed by atoms with Crippen molar-refractivity contribution in [3.05, 3.63) is 11.6 Å². The first-order valence-electron chi connectivity index (χ1n) is 4.37. The molecular weight excluding hydrogens is 138 g/mol. The van der Waals surface area contributed by atoms with Crippen LogP contribution in [0, 0.1) is 0 Å². The Balaban J connectivity index is 2.34. The van der Waals surface area contributed by atoms with Crippen molar-refractivity contribution >= 4 is 0 Å². The molecule has 0 aromatic carbocycles. The standard InChI is InChI=1S/C9H17NO/c1-2-11-7-8-5-3-4-6-9(8)10/h5,9H,2-4,6-7,10H2,1H3. The maximum atomic E-state index is 5.87. The second kappa shape index (κ2) is 4.52. The molecule has 0 fully saturated rings. The SMILES string of the molecule is CCOCC1=CCCCC1N. The van der Waals surface area contributed by atoms with Gasteiger partial charge in [-0.1, -0.05) is 6.08 Å². The van der Waals surface area contributed by atoms with Gasteiger partial charge in [-0.3, -0.25) is 0 Å². The number of rotatable bonds is 3. The summed E-state index contributed by atoms with van der Waals surface area (Å²) >= 11 is 0. The van der Waals surface area contributed by atoms with Crippen LogP contribution < -0.4 is 5.73 Å². The van der Waals surface area contributed by atoms with E-state index in [0.717, 1.165) is 19.6 Å². The Morgan fingerprint density at radius 2 is 2.55 bits per heavy atom. The van der Waals surface area contributed by atoms with Gasteiger partial charge in [0.15, 0.2) is 0 Å². The summed E-state index contributed by atoms with van der Waals surface area (Å²) in [5.74, 6) is 0. The second-order valence-corrected chi connectivity index (χ2v) is 2.95. The summed E-state index contributed by atoms with van der Waals surface area (Å²) in [6, 6.07) is 0.260. The molecule has 0 radical (unpaired) electrons. The van der Waals surface area contributed by atoms with Gasteiger partial charge in [0.05, 0.1) is 6.61 Å². The quantitative estimate of drug-likeness (QED) is 0.626. The molecule has 11 heavy (non-hydrogen) atoms. The van der Waals surface area contributed by atoms with Crippen molar-refractivity contribution in [2.75, 3.05) is 13.2 Å². The molecule has 0 spiro atoms. The van der Waals surface area contributed by atoms with E-state index in [2.05, 4.69) is 6.08 Å². The molecule has 1 aliphatic rings. The molecule has 1 atom stereocenters. The van der Waals surface area contributed by atoms with Crippen LogP contribution in [0.1, 0.15) is 26.2 Å². The van der Waals surface area contributed by atoms with Crippen LogP contribution in [0.5, 0.6) is 0 Å². The Kier molecular flexibility index (Phi) is 3.60. The van der Waals surface area contributed by atoms with Gasteiger partial charge >= 0.3 is 0 Å². The van der Waals surface area contributed by atoms with Crippen LogP contribution in [0.3, 0.4) is 0 Å². The van der Waals surface area contributed by atoms with Gasteiger partial charge in [-0.25, -0.2) is 0 Å². The van der Waals surface area contributed by atoms with Gasteiger partial charge in [-0.05, 0) is 31.8 Å². The molecule has 0 heterocycles. The summed E-state index contributed by atoms with van der Waals surface area (Å²) in [7, 11) is 0. The molecule has 2 heteroatoms. The average Bonchev–Trinajstić information content (AvgIpc) is 2.03. The molecule has 0 saturated heterocycles. The van der Waals surface area contributed by atoms with Crippen molar-refractivity contribution in [1.82, 2.24) is 0 Å². The van der Waals surface area contributed by atoms with Crippen molar-refractivity contribution in [3.63, 3.8) is 0 Å². The first-order chi connectivity index (χ1) is 5.34. The van der Waals surface area contributed by atoms with Crippen LogP contribution in [-0.4, -0.2) is 19.3 Å². The number of nitrogens with two attached hydrogens (primary N) is 1. The van der Waals surface area contributed by atoms with E-state index in [1.54, 1.807) is 0 Å². The summed E-state index contributed by atoms with van der Waals surface area (Å²) in [5, 5.41) is 0. The fourth-order valence-corrected chi connectivity index (χ4v) is 1.35. The van der Waals surface area contributed by atoms with Crippen LogP contribution in [0.2, 0.25) is 0 Å². The average molecular weight is 155 g/mol. The fourth-order valence-electron chi connectivity index (χ4n) is 1.35. The predicted molar refractivity (Wildman–Crippen MR) is 46.4 cm³/mol. The number of ether oxygens (including phenoxy) is 1. The second-order valence-electron chi connectivity index (χ2n) is 2.95. The lowest BCUT2D eigenvalue weighted by Crippen LogP contribution is -2.27. The molecule has 2 N–H and O–H groups in total. The molecule has 1 unspecified atom stereocenters. The third-order valence-electron chi connectivity index (χ3n) is 2.07. The zero-order valence-electron chi connectivity index (χ0n) is 7.18. The molecule has 0 bridgehead atoms. The maximum Gasteiger partial charge on any atom is 0.0691 e. The Bertz CT molecular complexity index is 142. The zero-order valence-corrected chi connectivity index (χ0v) is 7.18. The van der Waals surface area contributed by atoms with E-state index in [9.17, 15) is 0 Å². The maximum absolute atomic E-state index is 5.87. The smallest absolute Gasteiger partial charge is 0.0691 e. The molecule has 0 aliphatic heterocycles. The monoisotopic (exact) mass is 155 g/mol. The van der Waals surface area contributed by atoms with E-state index in [0.29, 0.717) is 0 Å². The third-order valence-corrected chi connectivity index (χ3v) is 2.07. The van der Waals surface area contributed by atoms with Gasteiger partial charge in [-0.2, -0.15) is 0 Å². The van der Waals surface area contributed by atoms with Crippen LogP contribution in [-0.2, 0) is 4.74 Å². The molecule has 1 rings (SSSR count). The van der Waals surface area contributed by atoms with Crippen molar-refractivity contribution in [1.29, 1.82) is 0 Å². The Labute approximate surface area is 68.4 Å². The van der Waals surface area contributed by atoms with Crippen LogP contribution in [0.25, 0.3) is 0 Å². The minimum absolute atomic E-state index is 0.260. The minimum Gasteiger partial charge on any atom is -0.377 e. The van der Waals surface area contributed by atoms with Crippen LogP contribution >= 0.6 is 0 Å². The van der Waals surface area contributed by atoms with Gasteiger partial charge in [0.25, 0.3) is 0 Å². The lowest BCUT2D eigenvalue weighted by Gasteiger charge is -2.19. The van der Waals surface area contributed by atoms with Crippen molar-refractivity contribution in [2.45, 2.75) is 32.2 Å². The number of hydrogen-bond donors (Lipinski definition) is 1. The largest absolute Gasteiger partial charge is 0.377 e. The summed E-state index contributed by atoms with van der Waals surface area (Å²) < 4.78 is 5.30. The third kappa shape index (κ3) is 2.64. The Hall–Kier alpha value is -0.340. The predicted octanol–water partition coefficient (Wildman–Crippen LogP) is 1.46. The Morgan fingerprint density at radius 3 is 3.18 bits per heavy atom. The molecule has 64 valence electrons. The van der Waals surface area contributed by atoms with E-state index >= 15 is 0 Å².